The third kappa shape index (κ3) is 3.36. The standard InChI is InChI=1S/C14H17BO3/c1-4-6-7-11(5-2)12-8-9-13(15(16)17)14(10-12)18-3/h4-10,16-17H,2H2,1,3H3/b6-4-,11-7+. The fourth-order valence-electron chi connectivity index (χ4n) is 1.59. The maximum Gasteiger partial charge on any atom is 0.492 e. The van der Waals surface area contributed by atoms with E-state index in [1.807, 2.05) is 25.2 Å². The van der Waals surface area contributed by atoms with Crippen molar-refractivity contribution in [2.45, 2.75) is 6.92 Å². The van der Waals surface area contributed by atoms with E-state index >= 15 is 0 Å². The highest BCUT2D eigenvalue weighted by molar-refractivity contribution is 6.59. The average molecular weight is 244 g/mol. The van der Waals surface area contributed by atoms with Gasteiger partial charge in [-0.05, 0) is 24.1 Å². The third-order valence-corrected chi connectivity index (χ3v) is 2.53. The van der Waals surface area contributed by atoms with Gasteiger partial charge in [-0.3, -0.25) is 0 Å². The van der Waals surface area contributed by atoms with Gasteiger partial charge in [0.05, 0.1) is 7.11 Å². The topological polar surface area (TPSA) is 49.7 Å². The number of methoxy groups -OCH3 is 1. The number of allylic oxidation sites excluding steroid dienone is 5. The summed E-state index contributed by atoms with van der Waals surface area (Å²) in [6.45, 7) is 5.70. The molecule has 1 aromatic rings. The summed E-state index contributed by atoms with van der Waals surface area (Å²) in [7, 11) is -0.0467. The summed E-state index contributed by atoms with van der Waals surface area (Å²) in [5.74, 6) is 0.440. The van der Waals surface area contributed by atoms with Crippen molar-refractivity contribution in [3.05, 3.63) is 54.6 Å². The SMILES string of the molecule is C=C/C(=C\C=C/C)c1ccc(B(O)O)c(OC)c1. The second kappa shape index (κ2) is 6.84. The Morgan fingerprint density at radius 3 is 2.61 bits per heavy atom. The average Bonchev–Trinajstić information content (AvgIpc) is 2.39. The zero-order valence-corrected chi connectivity index (χ0v) is 10.6. The van der Waals surface area contributed by atoms with Crippen LogP contribution < -0.4 is 10.2 Å². The Balaban J connectivity index is 3.23. The summed E-state index contributed by atoms with van der Waals surface area (Å²) in [5.41, 5.74) is 2.19. The van der Waals surface area contributed by atoms with Crippen molar-refractivity contribution in [3.63, 3.8) is 0 Å². The van der Waals surface area contributed by atoms with E-state index in [2.05, 4.69) is 6.58 Å². The molecule has 0 aromatic heterocycles. The Bertz CT molecular complexity index is 476. The first-order valence-corrected chi connectivity index (χ1v) is 5.64. The first-order valence-electron chi connectivity index (χ1n) is 5.64. The van der Waals surface area contributed by atoms with Crippen molar-refractivity contribution < 1.29 is 14.8 Å². The molecule has 0 heterocycles. The van der Waals surface area contributed by atoms with Crippen LogP contribution in [0.25, 0.3) is 5.57 Å². The Morgan fingerprint density at radius 2 is 2.11 bits per heavy atom. The van der Waals surface area contributed by atoms with E-state index in [4.69, 9.17) is 4.74 Å². The third-order valence-electron chi connectivity index (χ3n) is 2.53. The lowest BCUT2D eigenvalue weighted by Crippen LogP contribution is -2.31. The smallest absolute Gasteiger partial charge is 0.492 e. The van der Waals surface area contributed by atoms with Gasteiger partial charge in [0.2, 0.25) is 0 Å². The molecule has 0 atom stereocenters. The van der Waals surface area contributed by atoms with E-state index in [1.54, 1.807) is 24.3 Å². The molecule has 94 valence electrons. The van der Waals surface area contributed by atoms with Crippen LogP contribution in [0.2, 0.25) is 0 Å². The highest BCUT2D eigenvalue weighted by Crippen LogP contribution is 2.20. The molecule has 0 unspecified atom stereocenters. The number of hydrogen-bond acceptors (Lipinski definition) is 3. The van der Waals surface area contributed by atoms with E-state index in [1.165, 1.54) is 7.11 Å². The van der Waals surface area contributed by atoms with Crippen LogP contribution in [0.15, 0.2) is 49.1 Å². The summed E-state index contributed by atoms with van der Waals surface area (Å²) in [6.07, 6.45) is 7.51. The maximum atomic E-state index is 9.19. The molecule has 0 saturated heterocycles. The summed E-state index contributed by atoms with van der Waals surface area (Å²) in [6, 6.07) is 5.19. The van der Waals surface area contributed by atoms with Crippen LogP contribution >= 0.6 is 0 Å². The van der Waals surface area contributed by atoms with E-state index in [0.29, 0.717) is 11.2 Å². The molecule has 1 rings (SSSR count). The summed E-state index contributed by atoms with van der Waals surface area (Å²) in [4.78, 5) is 0. The number of benzene rings is 1. The van der Waals surface area contributed by atoms with Crippen LogP contribution in [0.1, 0.15) is 12.5 Å². The van der Waals surface area contributed by atoms with Gasteiger partial charge in [0.1, 0.15) is 5.75 Å². The molecule has 0 amide bonds. The minimum Gasteiger partial charge on any atom is -0.497 e. The molecule has 0 saturated carbocycles. The van der Waals surface area contributed by atoms with Crippen LogP contribution in [-0.4, -0.2) is 24.3 Å². The fourth-order valence-corrected chi connectivity index (χ4v) is 1.59. The van der Waals surface area contributed by atoms with Crippen molar-refractivity contribution in [2.24, 2.45) is 0 Å². The molecule has 0 aliphatic heterocycles. The van der Waals surface area contributed by atoms with Gasteiger partial charge in [-0.2, -0.15) is 0 Å². The normalized spacial score (nSPS) is 11.7. The Kier molecular flexibility index (Phi) is 5.43. The Hall–Kier alpha value is -1.78. The molecular formula is C14H17BO3. The van der Waals surface area contributed by atoms with Crippen molar-refractivity contribution in [2.75, 3.05) is 7.11 Å². The molecule has 1 aromatic carbocycles. The fraction of sp³-hybridized carbons (Fsp3) is 0.143. The summed E-state index contributed by atoms with van der Waals surface area (Å²) >= 11 is 0. The van der Waals surface area contributed by atoms with Crippen LogP contribution in [0.4, 0.5) is 0 Å². The maximum absolute atomic E-state index is 9.19. The van der Waals surface area contributed by atoms with Gasteiger partial charge in [-0.15, -0.1) is 0 Å². The second-order valence-electron chi connectivity index (χ2n) is 3.68. The molecule has 4 heteroatoms. The predicted molar refractivity (Wildman–Crippen MR) is 75.8 cm³/mol. The molecule has 0 radical (unpaired) electrons. The van der Waals surface area contributed by atoms with E-state index in [0.717, 1.165) is 11.1 Å². The van der Waals surface area contributed by atoms with Crippen LogP contribution in [0, 0.1) is 0 Å². The largest absolute Gasteiger partial charge is 0.497 e. The molecule has 2 N–H and O–H groups in total. The van der Waals surface area contributed by atoms with E-state index < -0.39 is 7.12 Å². The van der Waals surface area contributed by atoms with Gasteiger partial charge in [0.15, 0.2) is 0 Å². The summed E-state index contributed by atoms with van der Waals surface area (Å²) < 4.78 is 5.15. The molecule has 0 bridgehead atoms. The molecule has 3 nitrogen and oxygen atoms in total. The minimum atomic E-state index is -1.54. The summed E-state index contributed by atoms with van der Waals surface area (Å²) in [5, 5.41) is 18.4. The van der Waals surface area contributed by atoms with Crippen molar-refractivity contribution in [1.82, 2.24) is 0 Å². The van der Waals surface area contributed by atoms with E-state index in [9.17, 15) is 10.0 Å². The molecule has 0 aliphatic rings. The van der Waals surface area contributed by atoms with Gasteiger partial charge in [0, 0.05) is 5.46 Å². The lowest BCUT2D eigenvalue weighted by Gasteiger charge is -2.10. The highest BCUT2D eigenvalue weighted by Gasteiger charge is 2.17. The number of hydrogen-bond donors (Lipinski definition) is 2. The predicted octanol–water partition coefficient (Wildman–Crippen LogP) is 1.52. The Morgan fingerprint density at radius 1 is 1.39 bits per heavy atom. The molecule has 0 fully saturated rings. The lowest BCUT2D eigenvalue weighted by molar-refractivity contribution is 0.403. The molecule has 18 heavy (non-hydrogen) atoms. The quantitative estimate of drug-likeness (QED) is 0.609. The van der Waals surface area contributed by atoms with Gasteiger partial charge in [-0.25, -0.2) is 0 Å². The van der Waals surface area contributed by atoms with Crippen LogP contribution in [0.5, 0.6) is 5.75 Å². The van der Waals surface area contributed by atoms with Crippen molar-refractivity contribution in [3.8, 4) is 5.75 Å². The molecule has 0 spiro atoms. The van der Waals surface area contributed by atoms with Crippen LogP contribution in [-0.2, 0) is 0 Å². The number of rotatable bonds is 5. The van der Waals surface area contributed by atoms with Crippen LogP contribution in [0.3, 0.4) is 0 Å². The zero-order chi connectivity index (χ0) is 13.5. The second-order valence-corrected chi connectivity index (χ2v) is 3.68. The van der Waals surface area contributed by atoms with Gasteiger partial charge >= 0.3 is 7.12 Å². The first kappa shape index (κ1) is 14.3. The van der Waals surface area contributed by atoms with Gasteiger partial charge in [-0.1, -0.05) is 43.0 Å². The molecule has 0 aliphatic carbocycles. The van der Waals surface area contributed by atoms with Gasteiger partial charge in [0.25, 0.3) is 0 Å². The monoisotopic (exact) mass is 244 g/mol. The van der Waals surface area contributed by atoms with Gasteiger partial charge < -0.3 is 14.8 Å². The number of ether oxygens (including phenoxy) is 1. The minimum absolute atomic E-state index is 0.343. The highest BCUT2D eigenvalue weighted by atomic mass is 16.5. The van der Waals surface area contributed by atoms with Crippen molar-refractivity contribution >= 4 is 18.2 Å². The lowest BCUT2D eigenvalue weighted by atomic mass is 9.78. The molecular weight excluding hydrogens is 227 g/mol. The van der Waals surface area contributed by atoms with Crippen molar-refractivity contribution in [1.29, 1.82) is 0 Å². The first-order chi connectivity index (χ1) is 8.63. The zero-order valence-electron chi connectivity index (χ0n) is 10.6. The Labute approximate surface area is 108 Å². The van der Waals surface area contributed by atoms with E-state index in [-0.39, 0.29) is 0 Å².